The first-order valence-electron chi connectivity index (χ1n) is 10.2. The summed E-state index contributed by atoms with van der Waals surface area (Å²) in [6, 6.07) is 10.1. The van der Waals surface area contributed by atoms with Gasteiger partial charge in [-0.2, -0.15) is 5.10 Å². The minimum atomic E-state index is -0.250. The maximum Gasteiger partial charge on any atom is 0.290 e. The number of carboxylic acid groups (broad SMARTS) is 1. The van der Waals surface area contributed by atoms with Gasteiger partial charge in [0.15, 0.2) is 0 Å². The number of carbonyl (C=O) groups excluding carboxylic acids is 1. The highest BCUT2D eigenvalue weighted by atomic mass is 16.5. The van der Waals surface area contributed by atoms with E-state index in [1.165, 1.54) is 5.56 Å². The summed E-state index contributed by atoms with van der Waals surface area (Å²) in [4.78, 5) is 28.1. The first-order chi connectivity index (χ1) is 14.9. The number of fused-ring (bicyclic) bond motifs is 1. The Hall–Kier alpha value is -3.49. The van der Waals surface area contributed by atoms with Crippen molar-refractivity contribution >= 4 is 12.4 Å². The molecule has 1 aliphatic rings. The molecule has 2 aromatic heterocycles. The summed E-state index contributed by atoms with van der Waals surface area (Å²) in [7, 11) is 0. The van der Waals surface area contributed by atoms with Gasteiger partial charge < -0.3 is 14.5 Å². The summed E-state index contributed by atoms with van der Waals surface area (Å²) in [6.45, 7) is 6.78. The average Bonchev–Trinajstić information content (AvgIpc) is 3.29. The zero-order valence-electron chi connectivity index (χ0n) is 18.0. The van der Waals surface area contributed by atoms with Crippen LogP contribution in [0.5, 0.6) is 0 Å². The van der Waals surface area contributed by atoms with Gasteiger partial charge in [-0.25, -0.2) is 9.67 Å². The summed E-state index contributed by atoms with van der Waals surface area (Å²) in [5.74, 6) is 2.55. The maximum atomic E-state index is 13.2. The lowest BCUT2D eigenvalue weighted by Crippen LogP contribution is -2.43. The largest absolute Gasteiger partial charge is 0.483 e. The number of carbonyl (C=O) groups is 2. The van der Waals surface area contributed by atoms with Gasteiger partial charge in [0, 0.05) is 24.9 Å². The molecule has 31 heavy (non-hydrogen) atoms. The lowest BCUT2D eigenvalue weighted by Gasteiger charge is -2.35. The molecule has 0 bridgehead atoms. The zero-order chi connectivity index (χ0) is 22.4. The quantitative estimate of drug-likeness (QED) is 0.625. The van der Waals surface area contributed by atoms with Crippen LogP contribution in [0.15, 0.2) is 34.9 Å². The molecule has 1 N–H and O–H groups in total. The summed E-state index contributed by atoms with van der Waals surface area (Å²) >= 11 is 0. The van der Waals surface area contributed by atoms with Gasteiger partial charge >= 0.3 is 0 Å². The lowest BCUT2D eigenvalue weighted by molar-refractivity contribution is -0.135. The third-order valence-electron chi connectivity index (χ3n) is 5.40. The van der Waals surface area contributed by atoms with Gasteiger partial charge in [0.1, 0.15) is 17.4 Å². The lowest BCUT2D eigenvalue weighted by atomic mass is 10.0. The van der Waals surface area contributed by atoms with Crippen LogP contribution in [0.4, 0.5) is 0 Å². The molecule has 0 radical (unpaired) electrons. The van der Waals surface area contributed by atoms with Crippen molar-refractivity contribution < 1.29 is 19.2 Å². The van der Waals surface area contributed by atoms with Crippen molar-refractivity contribution in [3.63, 3.8) is 0 Å². The highest BCUT2D eigenvalue weighted by molar-refractivity contribution is 5.77. The second-order valence-corrected chi connectivity index (χ2v) is 7.44. The number of amides is 1. The molecule has 0 unspecified atom stereocenters. The smallest absolute Gasteiger partial charge is 0.290 e. The number of rotatable bonds is 5. The molecule has 0 saturated carbocycles. The van der Waals surface area contributed by atoms with Crippen LogP contribution in [-0.4, -0.2) is 48.9 Å². The van der Waals surface area contributed by atoms with E-state index in [1.807, 2.05) is 48.6 Å². The summed E-state index contributed by atoms with van der Waals surface area (Å²) in [5, 5.41) is 15.4. The Bertz CT molecular complexity index is 1010. The summed E-state index contributed by atoms with van der Waals surface area (Å²) in [6.07, 6.45) is 1.80. The molecular formula is C22H27N5O4. The Morgan fingerprint density at radius 1 is 1.23 bits per heavy atom. The van der Waals surface area contributed by atoms with Crippen molar-refractivity contribution in [1.82, 2.24) is 24.8 Å². The van der Waals surface area contributed by atoms with Gasteiger partial charge in [0.25, 0.3) is 6.47 Å². The van der Waals surface area contributed by atoms with Crippen LogP contribution in [0, 0.1) is 20.8 Å². The monoisotopic (exact) mass is 425 g/mol. The van der Waals surface area contributed by atoms with E-state index in [2.05, 4.69) is 27.4 Å². The molecule has 0 spiro atoms. The van der Waals surface area contributed by atoms with Gasteiger partial charge in [-0.1, -0.05) is 35.5 Å². The van der Waals surface area contributed by atoms with E-state index in [0.29, 0.717) is 25.9 Å². The first-order valence-corrected chi connectivity index (χ1v) is 10.2. The van der Waals surface area contributed by atoms with Crippen molar-refractivity contribution in [2.24, 2.45) is 0 Å². The van der Waals surface area contributed by atoms with E-state index < -0.39 is 0 Å². The Morgan fingerprint density at radius 2 is 1.94 bits per heavy atom. The van der Waals surface area contributed by atoms with Gasteiger partial charge in [-0.15, -0.1) is 0 Å². The Labute approximate surface area is 180 Å². The van der Waals surface area contributed by atoms with E-state index >= 15 is 0 Å². The molecule has 1 aromatic carbocycles. The molecule has 9 nitrogen and oxygen atoms in total. The molecule has 1 atom stereocenters. The molecule has 0 fully saturated rings. The molecule has 0 aliphatic carbocycles. The van der Waals surface area contributed by atoms with Crippen molar-refractivity contribution in [2.75, 3.05) is 6.54 Å². The van der Waals surface area contributed by atoms with E-state index in [-0.39, 0.29) is 18.4 Å². The van der Waals surface area contributed by atoms with Crippen molar-refractivity contribution in [3.05, 3.63) is 64.6 Å². The third kappa shape index (κ3) is 5.17. The van der Waals surface area contributed by atoms with Crippen molar-refractivity contribution in [3.8, 4) is 0 Å². The van der Waals surface area contributed by atoms with E-state index in [9.17, 15) is 4.79 Å². The summed E-state index contributed by atoms with van der Waals surface area (Å²) in [5.41, 5.74) is 3.08. The number of hydrogen-bond donors (Lipinski definition) is 1. The Kier molecular flexibility index (Phi) is 7.17. The second kappa shape index (κ2) is 10.0. The van der Waals surface area contributed by atoms with Crippen molar-refractivity contribution in [1.29, 1.82) is 0 Å². The fraction of sp³-hybridized carbons (Fsp3) is 0.409. The zero-order valence-corrected chi connectivity index (χ0v) is 18.0. The minimum absolute atomic E-state index is 0.102. The highest BCUT2D eigenvalue weighted by Crippen LogP contribution is 2.29. The summed E-state index contributed by atoms with van der Waals surface area (Å²) < 4.78 is 7.17. The number of nitrogens with zero attached hydrogens (tertiary/aromatic N) is 5. The number of aromatic nitrogens is 4. The highest BCUT2D eigenvalue weighted by Gasteiger charge is 2.33. The van der Waals surface area contributed by atoms with E-state index in [4.69, 9.17) is 14.4 Å². The molecule has 3 heterocycles. The van der Waals surface area contributed by atoms with E-state index in [1.54, 1.807) is 0 Å². The van der Waals surface area contributed by atoms with Gasteiger partial charge in [-0.05, 0) is 32.8 Å². The predicted octanol–water partition coefficient (Wildman–Crippen LogP) is 2.65. The molecule has 0 saturated heterocycles. The normalized spacial score (nSPS) is 15.1. The molecule has 164 valence electrons. The van der Waals surface area contributed by atoms with E-state index in [0.717, 1.165) is 35.1 Å². The van der Waals surface area contributed by atoms with Crippen LogP contribution >= 0.6 is 0 Å². The Balaban J connectivity index is 0.000000858. The molecule has 4 rings (SSSR count). The maximum absolute atomic E-state index is 13.2. The minimum Gasteiger partial charge on any atom is -0.483 e. The van der Waals surface area contributed by atoms with Crippen molar-refractivity contribution in [2.45, 2.75) is 52.6 Å². The van der Waals surface area contributed by atoms with Crippen LogP contribution < -0.4 is 0 Å². The molecule has 9 heteroatoms. The predicted molar refractivity (Wildman–Crippen MR) is 112 cm³/mol. The molecule has 3 aromatic rings. The fourth-order valence-corrected chi connectivity index (χ4v) is 3.95. The number of hydrogen-bond acceptors (Lipinski definition) is 6. The van der Waals surface area contributed by atoms with Gasteiger partial charge in [-0.3, -0.25) is 9.59 Å². The van der Waals surface area contributed by atoms with Crippen LogP contribution in [-0.2, 0) is 29.0 Å². The van der Waals surface area contributed by atoms with Crippen LogP contribution in [0.2, 0.25) is 0 Å². The second-order valence-electron chi connectivity index (χ2n) is 7.44. The number of aryl methyl sites for hydroxylation is 3. The SMILES string of the molecule is Cc1nc2n(n1)CCN(C(=O)CCc1c(C)noc1C)[C@H]2Cc1ccccc1.O=CO. The van der Waals surface area contributed by atoms with Gasteiger partial charge in [0.2, 0.25) is 5.91 Å². The van der Waals surface area contributed by atoms with Gasteiger partial charge in [0.05, 0.1) is 18.3 Å². The standard InChI is InChI=1S/C21H25N5O2.CH2O2/c1-14-18(15(2)28-24-14)9-10-20(27)25-11-12-26-21(22-16(3)23-26)19(25)13-17-7-5-4-6-8-17;2-1-3/h4-8,19H,9-13H2,1-3H3;1H,(H,2,3)/t19-;/m0./s1. The first kappa shape index (κ1) is 22.2. The number of benzene rings is 1. The fourth-order valence-electron chi connectivity index (χ4n) is 3.95. The van der Waals surface area contributed by atoms with Crippen LogP contribution in [0.3, 0.4) is 0 Å². The van der Waals surface area contributed by atoms with Crippen LogP contribution in [0.1, 0.15) is 46.7 Å². The molecule has 1 aliphatic heterocycles. The topological polar surface area (TPSA) is 114 Å². The Morgan fingerprint density at radius 3 is 2.58 bits per heavy atom. The van der Waals surface area contributed by atoms with Crippen LogP contribution in [0.25, 0.3) is 0 Å². The molecular weight excluding hydrogens is 398 g/mol. The molecule has 1 amide bonds. The average molecular weight is 425 g/mol. The third-order valence-corrected chi connectivity index (χ3v) is 5.40.